The standard InChI is InChI=1S/C14H23ClO/c15-12-9-13(14(12)7-3-4-8-14)16-10-11-5-1-2-6-11/h11-13H,1-10H2. The average Bonchev–Trinajstić information content (AvgIpc) is 2.95. The van der Waals surface area contributed by atoms with Crippen LogP contribution in [0, 0.1) is 11.3 Å². The summed E-state index contributed by atoms with van der Waals surface area (Å²) < 4.78 is 6.19. The van der Waals surface area contributed by atoms with Gasteiger partial charge in [0.05, 0.1) is 6.10 Å². The zero-order chi connectivity index (χ0) is 11.0. The van der Waals surface area contributed by atoms with Crippen LogP contribution in [0.4, 0.5) is 0 Å². The summed E-state index contributed by atoms with van der Waals surface area (Å²) in [6.07, 6.45) is 12.6. The lowest BCUT2D eigenvalue weighted by Gasteiger charge is -2.51. The highest BCUT2D eigenvalue weighted by Crippen LogP contribution is 2.57. The minimum atomic E-state index is 0.389. The SMILES string of the molecule is ClC1CC(OCC2CCCC2)C12CCCC2. The van der Waals surface area contributed by atoms with Crippen LogP contribution in [-0.4, -0.2) is 18.1 Å². The summed E-state index contributed by atoms with van der Waals surface area (Å²) in [5.41, 5.74) is 0.389. The van der Waals surface area contributed by atoms with E-state index in [4.69, 9.17) is 16.3 Å². The molecule has 0 aliphatic heterocycles. The van der Waals surface area contributed by atoms with Gasteiger partial charge in [-0.05, 0) is 38.0 Å². The average molecular weight is 243 g/mol. The van der Waals surface area contributed by atoms with Crippen molar-refractivity contribution in [1.82, 2.24) is 0 Å². The molecule has 0 N–H and O–H groups in total. The molecule has 0 aromatic heterocycles. The van der Waals surface area contributed by atoms with Crippen molar-refractivity contribution in [2.24, 2.45) is 11.3 Å². The lowest BCUT2D eigenvalue weighted by Crippen LogP contribution is -2.54. The fraction of sp³-hybridized carbons (Fsp3) is 1.00. The Morgan fingerprint density at radius 2 is 1.75 bits per heavy atom. The number of alkyl halides is 1. The van der Waals surface area contributed by atoms with Crippen LogP contribution in [0.3, 0.4) is 0 Å². The molecule has 3 saturated carbocycles. The van der Waals surface area contributed by atoms with Crippen LogP contribution < -0.4 is 0 Å². The molecule has 0 radical (unpaired) electrons. The molecule has 2 unspecified atom stereocenters. The van der Waals surface area contributed by atoms with Gasteiger partial charge < -0.3 is 4.74 Å². The Morgan fingerprint density at radius 3 is 2.38 bits per heavy atom. The third-order valence-electron chi connectivity index (χ3n) is 5.23. The summed E-state index contributed by atoms with van der Waals surface area (Å²) in [6.45, 7) is 1.01. The Morgan fingerprint density at radius 1 is 1.06 bits per heavy atom. The molecule has 1 nitrogen and oxygen atoms in total. The zero-order valence-corrected chi connectivity index (χ0v) is 10.8. The third kappa shape index (κ3) is 1.80. The van der Waals surface area contributed by atoms with Crippen LogP contribution >= 0.6 is 11.6 Å². The van der Waals surface area contributed by atoms with E-state index in [1.54, 1.807) is 0 Å². The molecule has 3 aliphatic carbocycles. The molecule has 0 heterocycles. The van der Waals surface area contributed by atoms with Gasteiger partial charge in [0, 0.05) is 17.4 Å². The van der Waals surface area contributed by atoms with Gasteiger partial charge in [0.2, 0.25) is 0 Å². The highest BCUT2D eigenvalue weighted by Gasteiger charge is 2.56. The van der Waals surface area contributed by atoms with Gasteiger partial charge in [-0.15, -0.1) is 11.6 Å². The quantitative estimate of drug-likeness (QED) is 0.676. The van der Waals surface area contributed by atoms with E-state index in [1.807, 2.05) is 0 Å². The van der Waals surface area contributed by atoms with Crippen molar-refractivity contribution in [3.63, 3.8) is 0 Å². The van der Waals surface area contributed by atoms with E-state index in [0.29, 0.717) is 16.9 Å². The first-order valence-corrected chi connectivity index (χ1v) is 7.50. The zero-order valence-electron chi connectivity index (χ0n) is 10.1. The Bertz CT molecular complexity index is 241. The van der Waals surface area contributed by atoms with Crippen LogP contribution in [-0.2, 0) is 4.74 Å². The van der Waals surface area contributed by atoms with Crippen LogP contribution in [0.25, 0.3) is 0 Å². The summed E-state index contributed by atoms with van der Waals surface area (Å²) in [5.74, 6) is 0.854. The molecule has 92 valence electrons. The third-order valence-corrected chi connectivity index (χ3v) is 5.84. The van der Waals surface area contributed by atoms with Crippen molar-refractivity contribution < 1.29 is 4.74 Å². The molecule has 16 heavy (non-hydrogen) atoms. The Labute approximate surface area is 104 Å². The highest BCUT2D eigenvalue weighted by atomic mass is 35.5. The van der Waals surface area contributed by atoms with Crippen LogP contribution in [0.5, 0.6) is 0 Å². The number of hydrogen-bond acceptors (Lipinski definition) is 1. The number of hydrogen-bond donors (Lipinski definition) is 0. The molecular formula is C14H23ClO. The predicted octanol–water partition coefficient (Wildman–Crippen LogP) is 4.13. The maximum atomic E-state index is 6.42. The number of rotatable bonds is 3. The van der Waals surface area contributed by atoms with Crippen molar-refractivity contribution in [2.45, 2.75) is 69.3 Å². The first kappa shape index (κ1) is 11.3. The summed E-state index contributed by atoms with van der Waals surface area (Å²) in [5, 5.41) is 0.406. The van der Waals surface area contributed by atoms with Gasteiger partial charge in [-0.1, -0.05) is 25.7 Å². The van der Waals surface area contributed by atoms with Gasteiger partial charge in [0.15, 0.2) is 0 Å². The minimum absolute atomic E-state index is 0.389. The van der Waals surface area contributed by atoms with Gasteiger partial charge in [0.25, 0.3) is 0 Å². The number of ether oxygens (including phenoxy) is 1. The fourth-order valence-corrected chi connectivity index (χ4v) is 4.55. The Balaban J connectivity index is 1.51. The lowest BCUT2D eigenvalue weighted by molar-refractivity contribution is -0.113. The first-order valence-electron chi connectivity index (χ1n) is 7.07. The molecule has 3 fully saturated rings. The van der Waals surface area contributed by atoms with Crippen molar-refractivity contribution in [1.29, 1.82) is 0 Å². The predicted molar refractivity (Wildman–Crippen MR) is 66.9 cm³/mol. The van der Waals surface area contributed by atoms with Crippen molar-refractivity contribution in [3.8, 4) is 0 Å². The fourth-order valence-electron chi connectivity index (χ4n) is 4.03. The maximum Gasteiger partial charge on any atom is 0.0659 e. The van der Waals surface area contributed by atoms with Crippen LogP contribution in [0.15, 0.2) is 0 Å². The van der Waals surface area contributed by atoms with E-state index in [1.165, 1.54) is 51.4 Å². The van der Waals surface area contributed by atoms with E-state index in [9.17, 15) is 0 Å². The van der Waals surface area contributed by atoms with Crippen molar-refractivity contribution >= 4 is 11.6 Å². The molecule has 0 saturated heterocycles. The minimum Gasteiger partial charge on any atom is -0.377 e. The molecule has 0 bridgehead atoms. The molecule has 0 amide bonds. The Hall–Kier alpha value is 0.250. The molecule has 0 aromatic rings. The van der Waals surface area contributed by atoms with Gasteiger partial charge in [-0.2, -0.15) is 0 Å². The van der Waals surface area contributed by atoms with Crippen molar-refractivity contribution in [3.05, 3.63) is 0 Å². The highest BCUT2D eigenvalue weighted by molar-refractivity contribution is 6.21. The van der Waals surface area contributed by atoms with Crippen LogP contribution in [0.2, 0.25) is 0 Å². The summed E-state index contributed by atoms with van der Waals surface area (Å²) >= 11 is 6.42. The second-order valence-electron chi connectivity index (χ2n) is 6.12. The molecular weight excluding hydrogens is 220 g/mol. The summed E-state index contributed by atoms with van der Waals surface area (Å²) in [6, 6.07) is 0. The monoisotopic (exact) mass is 242 g/mol. The summed E-state index contributed by atoms with van der Waals surface area (Å²) in [4.78, 5) is 0. The van der Waals surface area contributed by atoms with E-state index >= 15 is 0 Å². The van der Waals surface area contributed by atoms with Gasteiger partial charge in [0.1, 0.15) is 0 Å². The second-order valence-corrected chi connectivity index (χ2v) is 6.64. The molecule has 3 rings (SSSR count). The first-order chi connectivity index (χ1) is 7.81. The summed E-state index contributed by atoms with van der Waals surface area (Å²) in [7, 11) is 0. The van der Waals surface area contributed by atoms with Gasteiger partial charge in [-0.3, -0.25) is 0 Å². The lowest BCUT2D eigenvalue weighted by atomic mass is 9.64. The largest absolute Gasteiger partial charge is 0.377 e. The normalized spacial score (nSPS) is 38.1. The van der Waals surface area contributed by atoms with E-state index < -0.39 is 0 Å². The molecule has 3 aliphatic rings. The smallest absolute Gasteiger partial charge is 0.0659 e. The van der Waals surface area contributed by atoms with Crippen molar-refractivity contribution in [2.75, 3.05) is 6.61 Å². The molecule has 1 spiro atoms. The van der Waals surface area contributed by atoms with E-state index in [2.05, 4.69) is 0 Å². The molecule has 2 atom stereocenters. The van der Waals surface area contributed by atoms with E-state index in [-0.39, 0.29) is 0 Å². The maximum absolute atomic E-state index is 6.42. The number of halogens is 1. The van der Waals surface area contributed by atoms with Gasteiger partial charge in [-0.25, -0.2) is 0 Å². The molecule has 0 aromatic carbocycles. The van der Waals surface area contributed by atoms with Gasteiger partial charge >= 0.3 is 0 Å². The van der Waals surface area contributed by atoms with Crippen LogP contribution in [0.1, 0.15) is 57.8 Å². The Kier molecular flexibility index (Phi) is 3.19. The topological polar surface area (TPSA) is 9.23 Å². The molecule has 2 heteroatoms. The van der Waals surface area contributed by atoms with E-state index in [0.717, 1.165) is 18.9 Å². The second kappa shape index (κ2) is 4.49.